The van der Waals surface area contributed by atoms with E-state index in [4.69, 9.17) is 9.47 Å². The van der Waals surface area contributed by atoms with E-state index < -0.39 is 13.7 Å². The van der Waals surface area contributed by atoms with Gasteiger partial charge in [-0.3, -0.25) is 14.3 Å². The molecule has 2 N–H and O–H groups in total. The van der Waals surface area contributed by atoms with Crippen LogP contribution in [-0.4, -0.2) is 79.4 Å². The number of amides is 2. The van der Waals surface area contributed by atoms with E-state index in [-0.39, 0.29) is 41.9 Å². The lowest BCUT2D eigenvalue weighted by atomic mass is 9.82. The van der Waals surface area contributed by atoms with Gasteiger partial charge in [0, 0.05) is 43.0 Å². The van der Waals surface area contributed by atoms with Crippen LogP contribution < -0.4 is 25.0 Å². The summed E-state index contributed by atoms with van der Waals surface area (Å²) < 4.78 is 14.7. The van der Waals surface area contributed by atoms with Crippen LogP contribution in [0.5, 0.6) is 5.75 Å². The Bertz CT molecular complexity index is 2200. The lowest BCUT2D eigenvalue weighted by Gasteiger charge is -2.37. The van der Waals surface area contributed by atoms with Crippen molar-refractivity contribution in [2.75, 3.05) is 43.2 Å². The molecule has 0 radical (unpaired) electrons. The van der Waals surface area contributed by atoms with Crippen molar-refractivity contribution in [3.05, 3.63) is 132 Å². The Morgan fingerprint density at radius 3 is 2.52 bits per heavy atom. The molecule has 5 atom stereocenters. The van der Waals surface area contributed by atoms with Crippen molar-refractivity contribution in [3.63, 3.8) is 0 Å². The normalized spacial score (nSPS) is 22.8. The van der Waals surface area contributed by atoms with Gasteiger partial charge in [-0.25, -0.2) is 0 Å². The number of aliphatic hydroxyl groups is 1. The second kappa shape index (κ2) is 15.4. The number of nitrogens with one attached hydrogen (secondary N) is 1. The quantitative estimate of drug-likeness (QED) is 0.166. The standard InChI is InChI=1S/C44H50N6O5Si/c1-30-42(56(3,4)35-19-17-34(54-2)18-20-35)40(21-23-48-28-38(46-47-48)36(29-51)32-12-6-5-7-13-32)55-44(30)37-15-8-9-16-39(37)50(43(44)53)27-31-11-10-14-33(25-31)49-24-22-45-26-41(49)52/h5-20,25,28,30,36,40,42,45,51H,21-24,26-27,29H2,1-4H3/t30-,36?,40+,42-,44+/m1/s1. The number of carbonyl (C=O) groups is 2. The Hall–Kier alpha value is -5.14. The number of methoxy groups -OCH3 is 1. The number of fused-ring (bicyclic) bond motifs is 2. The first-order chi connectivity index (χ1) is 27.1. The number of aliphatic hydroxyl groups excluding tert-OH is 1. The first kappa shape index (κ1) is 37.8. The van der Waals surface area contributed by atoms with E-state index in [0.717, 1.165) is 40.4 Å². The van der Waals surface area contributed by atoms with Gasteiger partial charge in [-0.2, -0.15) is 0 Å². The number of aryl methyl sites for hydroxylation is 1. The van der Waals surface area contributed by atoms with E-state index in [0.29, 0.717) is 38.3 Å². The maximum absolute atomic E-state index is 15.3. The van der Waals surface area contributed by atoms with Gasteiger partial charge >= 0.3 is 0 Å². The predicted molar refractivity (Wildman–Crippen MR) is 219 cm³/mol. The van der Waals surface area contributed by atoms with Crippen LogP contribution in [0.4, 0.5) is 11.4 Å². The number of ether oxygens (including phenoxy) is 2. The summed E-state index contributed by atoms with van der Waals surface area (Å²) in [5.74, 6) is 0.362. The minimum absolute atomic E-state index is 0.0374. The number of benzene rings is 4. The molecule has 290 valence electrons. The molecular weight excluding hydrogens is 721 g/mol. The van der Waals surface area contributed by atoms with Crippen LogP contribution in [0.3, 0.4) is 0 Å². The number of hydrogen-bond acceptors (Lipinski definition) is 8. The number of rotatable bonds is 12. The molecule has 2 fully saturated rings. The summed E-state index contributed by atoms with van der Waals surface area (Å²) in [4.78, 5) is 31.7. The van der Waals surface area contributed by atoms with Crippen LogP contribution in [0.15, 0.2) is 109 Å². The summed E-state index contributed by atoms with van der Waals surface area (Å²) in [6.45, 7) is 9.44. The monoisotopic (exact) mass is 770 g/mol. The number of piperazine rings is 1. The van der Waals surface area contributed by atoms with Gasteiger partial charge < -0.3 is 29.7 Å². The summed E-state index contributed by atoms with van der Waals surface area (Å²) in [6.07, 6.45) is 2.28. The minimum atomic E-state index is -2.36. The van der Waals surface area contributed by atoms with Crippen molar-refractivity contribution in [1.82, 2.24) is 20.3 Å². The maximum Gasteiger partial charge on any atom is 0.264 e. The highest BCUT2D eigenvalue weighted by Crippen LogP contribution is 2.60. The van der Waals surface area contributed by atoms with Crippen LogP contribution in [0.1, 0.15) is 41.6 Å². The van der Waals surface area contributed by atoms with Crippen molar-refractivity contribution in [2.45, 2.75) is 62.7 Å². The van der Waals surface area contributed by atoms with Crippen molar-refractivity contribution < 1.29 is 24.2 Å². The molecule has 5 aromatic rings. The van der Waals surface area contributed by atoms with Crippen LogP contribution >= 0.6 is 0 Å². The highest BCUT2D eigenvalue weighted by atomic mass is 28.3. The van der Waals surface area contributed by atoms with Crippen molar-refractivity contribution in [1.29, 1.82) is 0 Å². The van der Waals surface area contributed by atoms with E-state index in [1.165, 1.54) is 5.19 Å². The topological polar surface area (TPSA) is 122 Å². The van der Waals surface area contributed by atoms with Crippen LogP contribution in [0, 0.1) is 5.92 Å². The Morgan fingerprint density at radius 2 is 1.77 bits per heavy atom. The fourth-order valence-electron chi connectivity index (χ4n) is 9.48. The number of aromatic nitrogens is 3. The Morgan fingerprint density at radius 1 is 1.00 bits per heavy atom. The molecular formula is C44H50N6O5Si. The van der Waals surface area contributed by atoms with Crippen LogP contribution in [0.25, 0.3) is 0 Å². The average Bonchev–Trinajstić information content (AvgIpc) is 3.88. The number of para-hydroxylation sites is 1. The fraction of sp³-hybridized carbons (Fsp3) is 0.364. The molecule has 0 aliphatic carbocycles. The zero-order chi connectivity index (χ0) is 39.0. The number of anilines is 2. The number of nitrogens with zero attached hydrogens (tertiary/aromatic N) is 5. The van der Waals surface area contributed by atoms with E-state index in [1.54, 1.807) is 7.11 Å². The smallest absolute Gasteiger partial charge is 0.264 e. The second-order valence-electron chi connectivity index (χ2n) is 15.8. The highest BCUT2D eigenvalue weighted by molar-refractivity contribution is 6.91. The van der Waals surface area contributed by atoms with Gasteiger partial charge in [0.25, 0.3) is 5.91 Å². The van der Waals surface area contributed by atoms with Gasteiger partial charge in [0.15, 0.2) is 5.60 Å². The fourth-order valence-corrected chi connectivity index (χ4v) is 13.5. The third kappa shape index (κ3) is 6.64. The summed E-state index contributed by atoms with van der Waals surface area (Å²) in [5.41, 5.74) is 4.11. The van der Waals surface area contributed by atoms with Gasteiger partial charge in [-0.05, 0) is 53.4 Å². The van der Waals surface area contributed by atoms with E-state index in [2.05, 4.69) is 53.8 Å². The molecule has 3 aliphatic heterocycles. The molecule has 4 heterocycles. The summed E-state index contributed by atoms with van der Waals surface area (Å²) in [5, 5.41) is 23.7. The molecule has 0 bridgehead atoms. The molecule has 8 rings (SSSR count). The van der Waals surface area contributed by atoms with Gasteiger partial charge in [0.05, 0.1) is 58.3 Å². The highest BCUT2D eigenvalue weighted by Gasteiger charge is 2.66. The Balaban J connectivity index is 1.13. The van der Waals surface area contributed by atoms with Crippen LogP contribution in [0.2, 0.25) is 18.6 Å². The van der Waals surface area contributed by atoms with Crippen molar-refractivity contribution in [3.8, 4) is 5.75 Å². The minimum Gasteiger partial charge on any atom is -0.497 e. The third-order valence-corrected chi connectivity index (χ3v) is 16.7. The molecule has 56 heavy (non-hydrogen) atoms. The summed E-state index contributed by atoms with van der Waals surface area (Å²) in [7, 11) is -0.676. The summed E-state index contributed by atoms with van der Waals surface area (Å²) in [6, 6.07) is 34.3. The van der Waals surface area contributed by atoms with Crippen LogP contribution in [-0.2, 0) is 33.0 Å². The Labute approximate surface area is 329 Å². The molecule has 2 saturated heterocycles. The molecule has 1 spiro atoms. The van der Waals surface area contributed by atoms with Gasteiger partial charge in [0.1, 0.15) is 5.75 Å². The van der Waals surface area contributed by atoms with Gasteiger partial charge in [-0.1, -0.05) is 103 Å². The summed E-state index contributed by atoms with van der Waals surface area (Å²) >= 11 is 0. The van der Waals surface area contributed by atoms with E-state index in [1.807, 2.05) is 106 Å². The third-order valence-electron chi connectivity index (χ3n) is 12.3. The molecule has 1 aromatic heterocycles. The molecule has 0 saturated carbocycles. The molecule has 3 aliphatic rings. The molecule has 4 aromatic carbocycles. The largest absolute Gasteiger partial charge is 0.497 e. The molecule has 2 amide bonds. The first-order valence-corrected chi connectivity index (χ1v) is 22.6. The molecule has 1 unspecified atom stereocenters. The second-order valence-corrected chi connectivity index (χ2v) is 20.5. The SMILES string of the molecule is COc1ccc([Si](C)(C)[C@H]2[C@H](CCn3cc(C(CO)c4ccccc4)nn3)O[C@@]3(C(=O)N(Cc4cccc(N5CCNCC5=O)c4)c4ccccc43)[C@@H]2C)cc1. The zero-order valence-corrected chi connectivity index (χ0v) is 33.5. The first-order valence-electron chi connectivity index (χ1n) is 19.6. The average molecular weight is 771 g/mol. The molecule has 12 heteroatoms. The number of hydrogen-bond donors (Lipinski definition) is 2. The zero-order valence-electron chi connectivity index (χ0n) is 32.5. The Kier molecular flexibility index (Phi) is 10.4. The predicted octanol–water partition coefficient (Wildman–Crippen LogP) is 5.20. The maximum atomic E-state index is 15.3. The number of carbonyl (C=O) groups excluding carboxylic acids is 2. The van der Waals surface area contributed by atoms with E-state index in [9.17, 15) is 9.90 Å². The molecule has 11 nitrogen and oxygen atoms in total. The van der Waals surface area contributed by atoms with Gasteiger partial charge in [0.2, 0.25) is 5.91 Å². The lowest BCUT2D eigenvalue weighted by molar-refractivity contribution is -0.146. The lowest BCUT2D eigenvalue weighted by Crippen LogP contribution is -2.51. The van der Waals surface area contributed by atoms with E-state index >= 15 is 4.79 Å². The van der Waals surface area contributed by atoms with Gasteiger partial charge in [-0.15, -0.1) is 5.10 Å². The van der Waals surface area contributed by atoms with Crippen molar-refractivity contribution >= 4 is 36.4 Å². The van der Waals surface area contributed by atoms with Crippen molar-refractivity contribution in [2.24, 2.45) is 5.92 Å².